The summed E-state index contributed by atoms with van der Waals surface area (Å²) >= 11 is 0. The third-order valence-corrected chi connectivity index (χ3v) is 5.28. The Balaban J connectivity index is 1.64. The van der Waals surface area contributed by atoms with E-state index in [-0.39, 0.29) is 24.5 Å². The van der Waals surface area contributed by atoms with Crippen LogP contribution in [-0.4, -0.2) is 70.2 Å². The Hall–Kier alpha value is -3.18. The summed E-state index contributed by atoms with van der Waals surface area (Å²) in [6, 6.07) is 8.82. The van der Waals surface area contributed by atoms with Crippen molar-refractivity contribution in [2.45, 2.75) is 18.5 Å². The summed E-state index contributed by atoms with van der Waals surface area (Å²) in [5.41, 5.74) is 0.619. The summed E-state index contributed by atoms with van der Waals surface area (Å²) in [7, 11) is 0. The van der Waals surface area contributed by atoms with Crippen molar-refractivity contribution in [1.82, 2.24) is 14.8 Å². The number of aromatic nitrogens is 1. The molecule has 2 fully saturated rings. The lowest BCUT2D eigenvalue weighted by atomic mass is 10.1. The van der Waals surface area contributed by atoms with Crippen LogP contribution in [0.2, 0.25) is 0 Å². The van der Waals surface area contributed by atoms with E-state index < -0.39 is 12.6 Å². The lowest BCUT2D eigenvalue weighted by Gasteiger charge is -2.25. The molecule has 0 spiro atoms. The normalized spacial score (nSPS) is 22.5. The van der Waals surface area contributed by atoms with Crippen LogP contribution in [0.15, 0.2) is 36.7 Å². The molecule has 1 aromatic heterocycles. The molecule has 2 atom stereocenters. The van der Waals surface area contributed by atoms with Crippen LogP contribution >= 0.6 is 0 Å². The van der Waals surface area contributed by atoms with Gasteiger partial charge in [-0.15, -0.1) is 0 Å². The molecule has 138 valence electrons. The molecule has 0 bridgehead atoms. The van der Waals surface area contributed by atoms with Crippen LogP contribution in [0, 0.1) is 11.3 Å². The summed E-state index contributed by atoms with van der Waals surface area (Å²) in [6.45, 7) is 0.630. The number of hydrogen-bond donors (Lipinski definition) is 1. The predicted molar refractivity (Wildman–Crippen MR) is 97.8 cm³/mol. The van der Waals surface area contributed by atoms with Crippen molar-refractivity contribution >= 4 is 28.4 Å². The minimum absolute atomic E-state index is 0.156. The quantitative estimate of drug-likeness (QED) is 0.873. The molecule has 1 aromatic carbocycles. The van der Waals surface area contributed by atoms with Gasteiger partial charge in [0.05, 0.1) is 30.5 Å². The van der Waals surface area contributed by atoms with Crippen LogP contribution in [0.25, 0.3) is 10.8 Å². The number of amides is 3. The first-order valence-corrected chi connectivity index (χ1v) is 8.85. The Bertz CT molecular complexity index is 935. The van der Waals surface area contributed by atoms with Crippen molar-refractivity contribution in [3.8, 4) is 6.07 Å². The minimum atomic E-state index is -0.618. The first-order valence-electron chi connectivity index (χ1n) is 8.85. The average molecular weight is 365 g/mol. The molecule has 4 rings (SSSR count). The average Bonchev–Trinajstić information content (AvgIpc) is 3.31. The van der Waals surface area contributed by atoms with E-state index >= 15 is 0 Å². The van der Waals surface area contributed by atoms with Gasteiger partial charge in [0.2, 0.25) is 5.91 Å². The third kappa shape index (κ3) is 2.86. The van der Waals surface area contributed by atoms with Gasteiger partial charge in [0.1, 0.15) is 12.6 Å². The zero-order chi connectivity index (χ0) is 19.0. The van der Waals surface area contributed by atoms with E-state index in [0.29, 0.717) is 25.2 Å². The van der Waals surface area contributed by atoms with Crippen molar-refractivity contribution < 1.29 is 14.7 Å². The smallest absolute Gasteiger partial charge is 0.326 e. The van der Waals surface area contributed by atoms with Crippen LogP contribution in [0.5, 0.6) is 0 Å². The Labute approximate surface area is 156 Å². The molecule has 0 saturated carbocycles. The highest BCUT2D eigenvalue weighted by atomic mass is 16.3. The molecule has 2 saturated heterocycles. The van der Waals surface area contributed by atoms with Gasteiger partial charge in [0.25, 0.3) is 0 Å². The maximum absolute atomic E-state index is 13.2. The Morgan fingerprint density at radius 3 is 2.89 bits per heavy atom. The van der Waals surface area contributed by atoms with Crippen LogP contribution in [0.4, 0.5) is 10.5 Å². The number of anilines is 1. The van der Waals surface area contributed by atoms with E-state index in [0.717, 1.165) is 10.8 Å². The lowest BCUT2D eigenvalue weighted by molar-refractivity contribution is -0.133. The number of hydrogen-bond acceptors (Lipinski definition) is 5. The highest BCUT2D eigenvalue weighted by molar-refractivity contribution is 6.04. The van der Waals surface area contributed by atoms with E-state index in [2.05, 4.69) is 11.1 Å². The Morgan fingerprint density at radius 2 is 2.11 bits per heavy atom. The number of rotatable bonds is 3. The van der Waals surface area contributed by atoms with Gasteiger partial charge in [-0.1, -0.05) is 24.3 Å². The Morgan fingerprint density at radius 1 is 1.30 bits per heavy atom. The molecule has 0 aliphatic carbocycles. The van der Waals surface area contributed by atoms with Crippen molar-refractivity contribution in [1.29, 1.82) is 5.26 Å². The van der Waals surface area contributed by atoms with Crippen molar-refractivity contribution in [2.75, 3.05) is 31.1 Å². The van der Waals surface area contributed by atoms with Gasteiger partial charge >= 0.3 is 6.03 Å². The molecule has 8 nitrogen and oxygen atoms in total. The van der Waals surface area contributed by atoms with E-state index in [4.69, 9.17) is 5.11 Å². The van der Waals surface area contributed by atoms with E-state index in [1.165, 1.54) is 4.90 Å². The predicted octanol–water partition coefficient (Wildman–Crippen LogP) is 0.962. The zero-order valence-corrected chi connectivity index (χ0v) is 14.7. The number of carbonyl (C=O) groups excluding carboxylic acids is 2. The molecule has 2 aliphatic heterocycles. The molecule has 2 aliphatic rings. The second kappa shape index (κ2) is 6.85. The first-order chi connectivity index (χ1) is 13.1. The van der Waals surface area contributed by atoms with Gasteiger partial charge in [-0.25, -0.2) is 4.79 Å². The standard InChI is InChI=1S/C19H19N5O3/c20-7-15-11-23(14-5-6-22(10-14)18(26)12-25)19(27)24(15)17-9-21-8-13-3-1-2-4-16(13)17/h1-4,8-9,14-15,25H,5-6,10-12H2/t14-,15?/m1/s1. The van der Waals surface area contributed by atoms with Crippen molar-refractivity contribution in [2.24, 2.45) is 0 Å². The monoisotopic (exact) mass is 365 g/mol. The number of likely N-dealkylation sites (tertiary alicyclic amines) is 1. The topological polar surface area (TPSA) is 101 Å². The maximum atomic E-state index is 13.2. The van der Waals surface area contributed by atoms with Gasteiger partial charge in [0.15, 0.2) is 0 Å². The van der Waals surface area contributed by atoms with Gasteiger partial charge in [-0.05, 0) is 6.42 Å². The van der Waals surface area contributed by atoms with Crippen LogP contribution in [-0.2, 0) is 4.79 Å². The van der Waals surface area contributed by atoms with Gasteiger partial charge in [-0.3, -0.25) is 14.7 Å². The fourth-order valence-corrected chi connectivity index (χ4v) is 3.91. The van der Waals surface area contributed by atoms with E-state index in [9.17, 15) is 14.9 Å². The van der Waals surface area contributed by atoms with E-state index in [1.807, 2.05) is 24.3 Å². The molecule has 27 heavy (non-hydrogen) atoms. The number of nitrogens with zero attached hydrogens (tertiary/aromatic N) is 5. The molecule has 3 amide bonds. The van der Waals surface area contributed by atoms with Gasteiger partial charge in [0, 0.05) is 30.1 Å². The number of benzene rings is 1. The molecular formula is C19H19N5O3. The number of urea groups is 1. The van der Waals surface area contributed by atoms with Crippen molar-refractivity contribution in [3.05, 3.63) is 36.7 Å². The van der Waals surface area contributed by atoms with Gasteiger partial charge in [-0.2, -0.15) is 5.26 Å². The van der Waals surface area contributed by atoms with Crippen LogP contribution in [0.1, 0.15) is 6.42 Å². The maximum Gasteiger partial charge on any atom is 0.326 e. The number of aliphatic hydroxyl groups is 1. The number of pyridine rings is 1. The minimum Gasteiger partial charge on any atom is -0.387 e. The fourth-order valence-electron chi connectivity index (χ4n) is 3.91. The number of nitriles is 1. The highest BCUT2D eigenvalue weighted by Gasteiger charge is 2.44. The van der Waals surface area contributed by atoms with Crippen molar-refractivity contribution in [3.63, 3.8) is 0 Å². The van der Waals surface area contributed by atoms with Gasteiger partial charge < -0.3 is 14.9 Å². The summed E-state index contributed by atoms with van der Waals surface area (Å²) in [5, 5.41) is 20.4. The molecule has 1 unspecified atom stereocenters. The summed E-state index contributed by atoms with van der Waals surface area (Å²) < 4.78 is 0. The molecule has 3 heterocycles. The fraction of sp³-hybridized carbons (Fsp3) is 0.368. The molecule has 0 radical (unpaired) electrons. The first kappa shape index (κ1) is 17.2. The van der Waals surface area contributed by atoms with E-state index in [1.54, 1.807) is 22.2 Å². The molecule has 1 N–H and O–H groups in total. The van der Waals surface area contributed by atoms with Crippen LogP contribution in [0.3, 0.4) is 0 Å². The third-order valence-electron chi connectivity index (χ3n) is 5.28. The number of carbonyl (C=O) groups is 2. The summed E-state index contributed by atoms with van der Waals surface area (Å²) in [5.74, 6) is -0.337. The van der Waals surface area contributed by atoms with Crippen LogP contribution < -0.4 is 4.90 Å². The number of fused-ring (bicyclic) bond motifs is 1. The molecule has 2 aromatic rings. The molecular weight excluding hydrogens is 346 g/mol. The highest BCUT2D eigenvalue weighted by Crippen LogP contribution is 2.33. The second-order valence-electron chi connectivity index (χ2n) is 6.77. The number of aliphatic hydroxyl groups excluding tert-OH is 1. The summed E-state index contributed by atoms with van der Waals surface area (Å²) in [6.07, 6.45) is 3.98. The lowest BCUT2D eigenvalue weighted by Crippen LogP contribution is -2.42. The largest absolute Gasteiger partial charge is 0.387 e. The molecule has 8 heteroatoms. The SMILES string of the molecule is N#CC1CN([C@@H]2CCN(C(=O)CO)C2)C(=O)N1c1cncc2ccccc12. The zero-order valence-electron chi connectivity index (χ0n) is 14.7. The summed E-state index contributed by atoms with van der Waals surface area (Å²) in [4.78, 5) is 33.8. The Kier molecular flexibility index (Phi) is 4.38. The second-order valence-corrected chi connectivity index (χ2v) is 6.77.